The zero-order chi connectivity index (χ0) is 18.9. The number of nitrogens with zero attached hydrogens (tertiary/aromatic N) is 1. The average molecular weight is 366 g/mol. The number of hydrogen-bond donors (Lipinski definition) is 2. The largest absolute Gasteiger partial charge is 0.481 e. The SMILES string of the molecule is O=C(O)C1CCCN(CCONC=C(c2ccccc2)c2ccccc2)C1. The van der Waals surface area contributed by atoms with E-state index in [1.807, 2.05) is 42.6 Å². The van der Waals surface area contributed by atoms with Crippen molar-refractivity contribution >= 4 is 11.5 Å². The first kappa shape index (κ1) is 19.1. The van der Waals surface area contributed by atoms with Gasteiger partial charge in [-0.3, -0.25) is 15.1 Å². The first-order valence-electron chi connectivity index (χ1n) is 9.37. The quantitative estimate of drug-likeness (QED) is 0.554. The molecule has 1 atom stereocenters. The van der Waals surface area contributed by atoms with Gasteiger partial charge in [0.1, 0.15) is 0 Å². The number of carboxylic acid groups (broad SMARTS) is 1. The summed E-state index contributed by atoms with van der Waals surface area (Å²) in [6, 6.07) is 20.3. The molecule has 27 heavy (non-hydrogen) atoms. The molecule has 0 bridgehead atoms. The minimum atomic E-state index is -0.697. The maximum absolute atomic E-state index is 11.1. The van der Waals surface area contributed by atoms with Gasteiger partial charge in [0.05, 0.1) is 12.5 Å². The molecule has 2 N–H and O–H groups in total. The van der Waals surface area contributed by atoms with Crippen LogP contribution in [0.5, 0.6) is 0 Å². The Labute approximate surface area is 160 Å². The molecule has 1 unspecified atom stereocenters. The molecule has 5 heteroatoms. The molecule has 0 spiro atoms. The van der Waals surface area contributed by atoms with E-state index in [0.29, 0.717) is 13.2 Å². The van der Waals surface area contributed by atoms with Crippen molar-refractivity contribution in [3.8, 4) is 0 Å². The highest BCUT2D eigenvalue weighted by Crippen LogP contribution is 2.22. The van der Waals surface area contributed by atoms with Crippen LogP contribution in [0.15, 0.2) is 66.9 Å². The van der Waals surface area contributed by atoms with E-state index < -0.39 is 5.97 Å². The molecule has 1 saturated heterocycles. The number of nitrogens with one attached hydrogen (secondary N) is 1. The predicted molar refractivity (Wildman–Crippen MR) is 106 cm³/mol. The van der Waals surface area contributed by atoms with Crippen molar-refractivity contribution in [2.75, 3.05) is 26.2 Å². The van der Waals surface area contributed by atoms with Crippen LogP contribution in [0.4, 0.5) is 0 Å². The Kier molecular flexibility index (Phi) is 7.02. The van der Waals surface area contributed by atoms with Crippen molar-refractivity contribution < 1.29 is 14.7 Å². The van der Waals surface area contributed by atoms with Crippen LogP contribution >= 0.6 is 0 Å². The van der Waals surface area contributed by atoms with Gasteiger partial charge in [-0.1, -0.05) is 60.7 Å². The van der Waals surface area contributed by atoms with Gasteiger partial charge in [-0.15, -0.1) is 0 Å². The fourth-order valence-corrected chi connectivity index (χ4v) is 3.36. The molecule has 142 valence electrons. The Morgan fingerprint density at radius 3 is 2.33 bits per heavy atom. The summed E-state index contributed by atoms with van der Waals surface area (Å²) < 4.78 is 0. The smallest absolute Gasteiger partial charge is 0.307 e. The number of aliphatic carboxylic acids is 1. The van der Waals surface area contributed by atoms with Gasteiger partial charge in [-0.05, 0) is 30.5 Å². The number of likely N-dealkylation sites (tertiary alicyclic amines) is 1. The van der Waals surface area contributed by atoms with Gasteiger partial charge in [0.2, 0.25) is 0 Å². The number of hydrogen-bond acceptors (Lipinski definition) is 4. The maximum atomic E-state index is 11.1. The Morgan fingerprint density at radius 2 is 1.74 bits per heavy atom. The van der Waals surface area contributed by atoms with Crippen LogP contribution in [0.3, 0.4) is 0 Å². The van der Waals surface area contributed by atoms with E-state index in [1.54, 1.807) is 0 Å². The lowest BCUT2D eigenvalue weighted by Crippen LogP contribution is -2.40. The molecule has 1 aliphatic heterocycles. The minimum absolute atomic E-state index is 0.255. The van der Waals surface area contributed by atoms with Crippen LogP contribution in [-0.4, -0.2) is 42.2 Å². The number of benzene rings is 2. The number of carbonyl (C=O) groups is 1. The molecule has 0 amide bonds. The predicted octanol–water partition coefficient (Wildman–Crippen LogP) is 3.39. The highest BCUT2D eigenvalue weighted by Gasteiger charge is 2.24. The molecule has 0 saturated carbocycles. The molecule has 0 aliphatic carbocycles. The van der Waals surface area contributed by atoms with Crippen LogP contribution in [0.25, 0.3) is 5.57 Å². The van der Waals surface area contributed by atoms with E-state index >= 15 is 0 Å². The lowest BCUT2D eigenvalue weighted by atomic mass is 9.98. The fourth-order valence-electron chi connectivity index (χ4n) is 3.36. The van der Waals surface area contributed by atoms with Crippen LogP contribution in [0.1, 0.15) is 24.0 Å². The Bertz CT molecular complexity index is 705. The summed E-state index contributed by atoms with van der Waals surface area (Å²) in [6.07, 6.45) is 3.57. The topological polar surface area (TPSA) is 61.8 Å². The summed E-state index contributed by atoms with van der Waals surface area (Å²) in [4.78, 5) is 18.9. The van der Waals surface area contributed by atoms with Gasteiger partial charge >= 0.3 is 5.97 Å². The summed E-state index contributed by atoms with van der Waals surface area (Å²) in [5.74, 6) is -0.952. The first-order chi connectivity index (χ1) is 13.2. The minimum Gasteiger partial charge on any atom is -0.481 e. The molecule has 3 rings (SSSR count). The van der Waals surface area contributed by atoms with Crippen molar-refractivity contribution in [2.45, 2.75) is 12.8 Å². The van der Waals surface area contributed by atoms with Crippen molar-refractivity contribution in [3.63, 3.8) is 0 Å². The third-order valence-electron chi connectivity index (χ3n) is 4.82. The molecular formula is C22H26N2O3. The zero-order valence-electron chi connectivity index (χ0n) is 15.4. The third kappa shape index (κ3) is 5.67. The Balaban J connectivity index is 1.54. The summed E-state index contributed by atoms with van der Waals surface area (Å²) in [5.41, 5.74) is 6.23. The van der Waals surface area contributed by atoms with Crippen molar-refractivity contribution in [1.82, 2.24) is 10.4 Å². The van der Waals surface area contributed by atoms with Crippen LogP contribution < -0.4 is 5.48 Å². The van der Waals surface area contributed by atoms with Gasteiger partial charge in [-0.2, -0.15) is 0 Å². The monoisotopic (exact) mass is 366 g/mol. The molecule has 1 heterocycles. The van der Waals surface area contributed by atoms with Gasteiger partial charge in [-0.25, -0.2) is 0 Å². The number of hydroxylamine groups is 1. The van der Waals surface area contributed by atoms with Crippen LogP contribution in [-0.2, 0) is 9.63 Å². The Morgan fingerprint density at radius 1 is 1.11 bits per heavy atom. The van der Waals surface area contributed by atoms with E-state index in [-0.39, 0.29) is 5.92 Å². The molecule has 5 nitrogen and oxygen atoms in total. The number of piperidine rings is 1. The maximum Gasteiger partial charge on any atom is 0.307 e. The van der Waals surface area contributed by atoms with Gasteiger partial charge in [0.25, 0.3) is 0 Å². The summed E-state index contributed by atoms with van der Waals surface area (Å²) in [5, 5.41) is 9.17. The van der Waals surface area contributed by atoms with Crippen molar-refractivity contribution in [2.24, 2.45) is 5.92 Å². The average Bonchev–Trinajstić information content (AvgIpc) is 2.72. The zero-order valence-corrected chi connectivity index (χ0v) is 15.4. The van der Waals surface area contributed by atoms with Gasteiger partial charge < -0.3 is 10.0 Å². The molecule has 2 aromatic rings. The number of rotatable bonds is 8. The summed E-state index contributed by atoms with van der Waals surface area (Å²) in [6.45, 7) is 2.76. The third-order valence-corrected chi connectivity index (χ3v) is 4.82. The lowest BCUT2D eigenvalue weighted by Gasteiger charge is -2.30. The van der Waals surface area contributed by atoms with E-state index in [9.17, 15) is 4.79 Å². The van der Waals surface area contributed by atoms with Crippen molar-refractivity contribution in [1.29, 1.82) is 0 Å². The normalized spacial score (nSPS) is 17.3. The second-order valence-electron chi connectivity index (χ2n) is 6.73. The lowest BCUT2D eigenvalue weighted by molar-refractivity contribution is -0.143. The molecular weight excluding hydrogens is 340 g/mol. The van der Waals surface area contributed by atoms with E-state index in [1.165, 1.54) is 0 Å². The highest BCUT2D eigenvalue weighted by molar-refractivity contribution is 5.79. The first-order valence-corrected chi connectivity index (χ1v) is 9.37. The van der Waals surface area contributed by atoms with E-state index in [0.717, 1.165) is 42.6 Å². The van der Waals surface area contributed by atoms with Crippen LogP contribution in [0, 0.1) is 5.92 Å². The second kappa shape index (κ2) is 9.90. The summed E-state index contributed by atoms with van der Waals surface area (Å²) in [7, 11) is 0. The standard InChI is InChI=1S/C22H26N2O3/c25-22(26)20-12-7-13-24(17-20)14-15-27-23-16-21(18-8-3-1-4-9-18)19-10-5-2-6-11-19/h1-6,8-11,16,20,23H,7,12-15,17H2,(H,25,26). The molecule has 0 radical (unpaired) electrons. The molecule has 1 aliphatic rings. The highest BCUT2D eigenvalue weighted by atomic mass is 16.6. The van der Waals surface area contributed by atoms with E-state index in [4.69, 9.17) is 9.94 Å². The van der Waals surface area contributed by atoms with E-state index in [2.05, 4.69) is 34.6 Å². The summed E-state index contributed by atoms with van der Waals surface area (Å²) >= 11 is 0. The van der Waals surface area contributed by atoms with Gasteiger partial charge in [0.15, 0.2) is 0 Å². The second-order valence-corrected chi connectivity index (χ2v) is 6.73. The van der Waals surface area contributed by atoms with Crippen molar-refractivity contribution in [3.05, 3.63) is 78.0 Å². The number of carboxylic acids is 1. The molecule has 0 aromatic heterocycles. The Hall–Kier alpha value is -2.63. The fraction of sp³-hybridized carbons (Fsp3) is 0.318. The molecule has 2 aromatic carbocycles. The molecule has 1 fully saturated rings. The van der Waals surface area contributed by atoms with Gasteiger partial charge in [0, 0.05) is 24.9 Å². The van der Waals surface area contributed by atoms with Crippen LogP contribution in [0.2, 0.25) is 0 Å².